The molecule has 1 amide bonds. The first kappa shape index (κ1) is 74.5. The van der Waals surface area contributed by atoms with Crippen LogP contribution in [0.25, 0.3) is 0 Å². The predicted molar refractivity (Wildman–Crippen MR) is 332 cm³/mol. The minimum atomic E-state index is -4.46. The molecule has 0 aliphatic rings. The molecule has 2 N–H and O–H groups in total. The van der Waals surface area contributed by atoms with Gasteiger partial charge in [-0.1, -0.05) is 248 Å². The van der Waals surface area contributed by atoms with Crippen LogP contribution in [0, 0.1) is 0 Å². The van der Waals surface area contributed by atoms with Crippen LogP contribution in [0.3, 0.4) is 0 Å². The molecule has 0 saturated carbocycles. The fourth-order valence-corrected chi connectivity index (χ4v) is 9.83. The average molecular weight is 1100 g/mol. The number of hydrogen-bond acceptors (Lipinski definition) is 6. The lowest BCUT2D eigenvalue weighted by atomic mass is 10.0. The summed E-state index contributed by atoms with van der Waals surface area (Å²) in [4.78, 5) is 37.8. The van der Waals surface area contributed by atoms with Crippen molar-refractivity contribution >= 4 is 19.7 Å². The number of hydrogen-bond donors (Lipinski definition) is 2. The van der Waals surface area contributed by atoms with Gasteiger partial charge in [0.15, 0.2) is 0 Å². The van der Waals surface area contributed by atoms with E-state index in [2.05, 4.69) is 86.8 Å². The third-order valence-corrected chi connectivity index (χ3v) is 15.1. The number of phosphoric ester groups is 1. The standard InChI is InChI=1S/C67H123N2O7P/c1-7-10-13-16-19-22-25-28-30-32-33-34-35-37-38-41-44-47-50-53-56-59-66(70)68-64(63-75-77(72,73)74-62-61-69(4,5)6)65(58-55-52-49-46-43-40-27-24-21-18-15-12-9-3)76-67(71)60-57-54-51-48-45-42-39-36-31-29-26-23-20-17-14-11-8-2/h19-20,22-23,28-31,33-34,55,58,64-65H,7-18,21,24-27,32,35-54,56-57,59-63H2,1-6H3,(H-,68,70,72,73)/p+1/b22-19-,23-20-,30-28-,31-29-,34-33-,58-55-. The van der Waals surface area contributed by atoms with Gasteiger partial charge in [0, 0.05) is 12.8 Å². The number of carbonyl (C=O) groups is 2. The molecule has 9 nitrogen and oxygen atoms in total. The number of nitrogens with one attached hydrogen (secondary N) is 1. The summed E-state index contributed by atoms with van der Waals surface area (Å²) >= 11 is 0. The zero-order valence-corrected chi connectivity index (χ0v) is 52.1. The monoisotopic (exact) mass is 1100 g/mol. The molecule has 3 unspecified atom stereocenters. The maximum Gasteiger partial charge on any atom is 0.472 e. The normalized spacial score (nSPS) is 14.1. The molecule has 0 heterocycles. The highest BCUT2D eigenvalue weighted by molar-refractivity contribution is 7.47. The molecule has 3 atom stereocenters. The molecule has 0 aromatic heterocycles. The molecule has 0 saturated heterocycles. The first-order chi connectivity index (χ1) is 37.4. The third kappa shape index (κ3) is 57.9. The lowest BCUT2D eigenvalue weighted by molar-refractivity contribution is -0.870. The van der Waals surface area contributed by atoms with Crippen molar-refractivity contribution in [2.45, 2.75) is 303 Å². The van der Waals surface area contributed by atoms with Crippen molar-refractivity contribution in [3.63, 3.8) is 0 Å². The molecule has 0 rings (SSSR count). The zero-order chi connectivity index (χ0) is 56.4. The van der Waals surface area contributed by atoms with Gasteiger partial charge in [-0.05, 0) is 102 Å². The molecule has 0 spiro atoms. The SMILES string of the molecule is CCCCC/C=C\C/C=C\C/C=C\CCCCCCCCCCC(=O)NC(COP(=O)(O)OCC[N+](C)(C)C)C(/C=C\CCCCCCCCCCCCC)OC(=O)CCCCCCCCC/C=C\C/C=C\CCCCC. The number of nitrogens with zero attached hydrogens (tertiary/aromatic N) is 1. The minimum absolute atomic E-state index is 0.0353. The molecule has 448 valence electrons. The minimum Gasteiger partial charge on any atom is -0.456 e. The van der Waals surface area contributed by atoms with Crippen molar-refractivity contribution < 1.29 is 37.3 Å². The van der Waals surface area contributed by atoms with Gasteiger partial charge in [-0.2, -0.15) is 0 Å². The Morgan fingerprint density at radius 3 is 1.21 bits per heavy atom. The molecule has 0 bridgehead atoms. The fourth-order valence-electron chi connectivity index (χ4n) is 9.10. The fraction of sp³-hybridized carbons (Fsp3) is 0.791. The Hall–Kier alpha value is -2.55. The summed E-state index contributed by atoms with van der Waals surface area (Å²) in [5.74, 6) is -0.518. The first-order valence-corrected chi connectivity index (χ1v) is 33.8. The van der Waals surface area contributed by atoms with Crippen LogP contribution in [-0.4, -0.2) is 74.3 Å². The van der Waals surface area contributed by atoms with E-state index in [4.69, 9.17) is 13.8 Å². The van der Waals surface area contributed by atoms with E-state index in [1.54, 1.807) is 0 Å². The van der Waals surface area contributed by atoms with E-state index in [0.717, 1.165) is 103 Å². The highest BCUT2D eigenvalue weighted by Crippen LogP contribution is 2.43. The summed E-state index contributed by atoms with van der Waals surface area (Å²) in [6.45, 7) is 6.97. The molecule has 10 heteroatoms. The van der Waals surface area contributed by atoms with Gasteiger partial charge >= 0.3 is 13.8 Å². The van der Waals surface area contributed by atoms with Crippen LogP contribution in [0.5, 0.6) is 0 Å². The largest absolute Gasteiger partial charge is 0.472 e. The molecule has 77 heavy (non-hydrogen) atoms. The second-order valence-electron chi connectivity index (χ2n) is 22.9. The molecule has 0 aliphatic carbocycles. The summed E-state index contributed by atoms with van der Waals surface area (Å²) in [6, 6.07) is -0.858. The van der Waals surface area contributed by atoms with E-state index in [0.29, 0.717) is 17.4 Å². The van der Waals surface area contributed by atoms with Gasteiger partial charge in [0.2, 0.25) is 5.91 Å². The second kappa shape index (κ2) is 56.7. The van der Waals surface area contributed by atoms with Crippen molar-refractivity contribution in [2.75, 3.05) is 40.9 Å². The predicted octanol–water partition coefficient (Wildman–Crippen LogP) is 20.0. The van der Waals surface area contributed by atoms with E-state index in [1.165, 1.54) is 154 Å². The van der Waals surface area contributed by atoms with Gasteiger partial charge in [-0.15, -0.1) is 0 Å². The number of unbranched alkanes of at least 4 members (excludes halogenated alkanes) is 32. The lowest BCUT2D eigenvalue weighted by Gasteiger charge is -2.27. The molecular weight excluding hydrogens is 976 g/mol. The van der Waals surface area contributed by atoms with E-state index in [1.807, 2.05) is 33.3 Å². The quantitative estimate of drug-likeness (QED) is 0.0205. The molecule has 0 aliphatic heterocycles. The van der Waals surface area contributed by atoms with Gasteiger partial charge in [0.25, 0.3) is 0 Å². The van der Waals surface area contributed by atoms with E-state index < -0.39 is 20.0 Å². The summed E-state index contributed by atoms with van der Waals surface area (Å²) in [5, 5.41) is 3.06. The van der Waals surface area contributed by atoms with Crippen LogP contribution < -0.4 is 5.32 Å². The Labute approximate surface area is 476 Å². The van der Waals surface area contributed by atoms with Crippen molar-refractivity contribution in [2.24, 2.45) is 0 Å². The smallest absolute Gasteiger partial charge is 0.456 e. The van der Waals surface area contributed by atoms with E-state index in [9.17, 15) is 19.0 Å². The zero-order valence-electron chi connectivity index (χ0n) is 51.2. The Morgan fingerprint density at radius 1 is 0.455 bits per heavy atom. The van der Waals surface area contributed by atoms with Crippen molar-refractivity contribution in [3.8, 4) is 0 Å². The van der Waals surface area contributed by atoms with Crippen LogP contribution in [0.15, 0.2) is 72.9 Å². The molecule has 0 aromatic carbocycles. The van der Waals surface area contributed by atoms with E-state index in [-0.39, 0.29) is 31.5 Å². The van der Waals surface area contributed by atoms with Crippen LogP contribution in [0.4, 0.5) is 0 Å². The van der Waals surface area contributed by atoms with Gasteiger partial charge in [0.1, 0.15) is 19.3 Å². The summed E-state index contributed by atoms with van der Waals surface area (Å²) in [6.07, 6.45) is 73.2. The summed E-state index contributed by atoms with van der Waals surface area (Å²) in [5.41, 5.74) is 0. The number of likely N-dealkylation sites (N-methyl/N-ethyl adjacent to an activating group) is 1. The first-order valence-electron chi connectivity index (χ1n) is 32.3. The number of amides is 1. The van der Waals surface area contributed by atoms with Crippen LogP contribution in [0.2, 0.25) is 0 Å². The number of phosphoric acid groups is 1. The summed E-state index contributed by atoms with van der Waals surface area (Å²) < 4.78 is 30.7. The number of rotatable bonds is 58. The van der Waals surface area contributed by atoms with Gasteiger partial charge in [0.05, 0.1) is 33.8 Å². The van der Waals surface area contributed by atoms with Gasteiger partial charge in [-0.3, -0.25) is 18.6 Å². The number of ether oxygens (including phenoxy) is 1. The highest BCUT2D eigenvalue weighted by Gasteiger charge is 2.30. The van der Waals surface area contributed by atoms with Crippen LogP contribution in [-0.2, 0) is 27.9 Å². The Morgan fingerprint density at radius 2 is 0.792 bits per heavy atom. The number of carbonyl (C=O) groups excluding carboxylic acids is 2. The van der Waals surface area contributed by atoms with Crippen molar-refractivity contribution in [1.29, 1.82) is 0 Å². The molecule has 0 radical (unpaired) electrons. The van der Waals surface area contributed by atoms with Crippen molar-refractivity contribution in [1.82, 2.24) is 5.32 Å². The van der Waals surface area contributed by atoms with Gasteiger partial charge < -0.3 is 19.4 Å². The number of quaternary nitrogens is 1. The number of esters is 1. The summed E-state index contributed by atoms with van der Waals surface area (Å²) in [7, 11) is 1.48. The molecule has 0 fully saturated rings. The van der Waals surface area contributed by atoms with Crippen LogP contribution in [0.1, 0.15) is 290 Å². The topological polar surface area (TPSA) is 111 Å². The molecule has 0 aromatic rings. The highest BCUT2D eigenvalue weighted by atomic mass is 31.2. The number of allylic oxidation sites excluding steroid dienone is 11. The third-order valence-electron chi connectivity index (χ3n) is 14.1. The second-order valence-corrected chi connectivity index (χ2v) is 24.4. The van der Waals surface area contributed by atoms with Crippen molar-refractivity contribution in [3.05, 3.63) is 72.9 Å². The molecular formula is C67H124N2O7P+. The maximum atomic E-state index is 13.6. The Balaban J connectivity index is 5.27. The van der Waals surface area contributed by atoms with E-state index >= 15 is 0 Å². The Kier molecular flexibility index (Phi) is 54.8. The van der Waals surface area contributed by atoms with Gasteiger partial charge in [-0.25, -0.2) is 4.57 Å². The Bertz CT molecular complexity index is 1550. The van der Waals surface area contributed by atoms with Crippen LogP contribution >= 0.6 is 7.82 Å². The average Bonchev–Trinajstić information content (AvgIpc) is 3.39. The lowest BCUT2D eigenvalue weighted by Crippen LogP contribution is -2.47. The maximum absolute atomic E-state index is 13.6.